The molecule has 0 atom stereocenters. The van der Waals surface area contributed by atoms with Gasteiger partial charge < -0.3 is 13.7 Å². The smallest absolute Gasteiger partial charge is 0.228 e. The van der Waals surface area contributed by atoms with E-state index in [2.05, 4.69) is 175 Å². The average molecular weight is 731 g/mol. The number of oxazole rings is 1. The molecule has 0 aliphatic heterocycles. The summed E-state index contributed by atoms with van der Waals surface area (Å²) in [4.78, 5) is 7.24. The number of para-hydroxylation sites is 3. The monoisotopic (exact) mass is 730 g/mol. The van der Waals surface area contributed by atoms with Crippen molar-refractivity contribution < 1.29 is 8.83 Å². The number of aromatic nitrogens is 1. The number of furan rings is 1. The molecule has 0 aliphatic rings. The number of benzene rings is 9. The van der Waals surface area contributed by atoms with E-state index in [1.807, 2.05) is 36.4 Å². The van der Waals surface area contributed by atoms with Gasteiger partial charge in [0.1, 0.15) is 11.1 Å². The molecule has 0 bridgehead atoms. The van der Waals surface area contributed by atoms with E-state index in [1.54, 1.807) is 0 Å². The highest BCUT2D eigenvalue weighted by Gasteiger charge is 2.24. The van der Waals surface area contributed by atoms with E-state index in [-0.39, 0.29) is 0 Å². The van der Waals surface area contributed by atoms with Crippen LogP contribution in [0.5, 0.6) is 0 Å². The van der Waals surface area contributed by atoms with Gasteiger partial charge >= 0.3 is 0 Å². The van der Waals surface area contributed by atoms with Gasteiger partial charge in [0.25, 0.3) is 0 Å². The molecule has 4 nitrogen and oxygen atoms in total. The Kier molecular flexibility index (Phi) is 7.78. The number of hydrogen-bond donors (Lipinski definition) is 0. The van der Waals surface area contributed by atoms with E-state index in [9.17, 15) is 0 Å². The summed E-state index contributed by atoms with van der Waals surface area (Å²) >= 11 is 0. The summed E-state index contributed by atoms with van der Waals surface area (Å²) in [5, 5.41) is 4.07. The number of rotatable bonds is 7. The molecule has 0 N–H and O–H groups in total. The van der Waals surface area contributed by atoms with Crippen molar-refractivity contribution in [2.24, 2.45) is 0 Å². The van der Waals surface area contributed by atoms with Gasteiger partial charge in [-0.3, -0.25) is 0 Å². The summed E-state index contributed by atoms with van der Waals surface area (Å²) in [5.74, 6) is 0.570. The number of anilines is 3. The number of nitrogens with zero attached hydrogens (tertiary/aromatic N) is 2. The van der Waals surface area contributed by atoms with Crippen LogP contribution in [0.15, 0.2) is 215 Å². The third-order valence-electron chi connectivity index (χ3n) is 10.9. The van der Waals surface area contributed by atoms with Crippen LogP contribution < -0.4 is 4.90 Å². The van der Waals surface area contributed by atoms with Gasteiger partial charge in [0.2, 0.25) is 5.89 Å². The minimum absolute atomic E-state index is 0.570. The molecule has 0 saturated carbocycles. The van der Waals surface area contributed by atoms with Crippen molar-refractivity contribution in [3.05, 3.63) is 206 Å². The zero-order valence-electron chi connectivity index (χ0n) is 30.8. The maximum absolute atomic E-state index is 7.08. The highest BCUT2D eigenvalue weighted by Crippen LogP contribution is 2.47. The molecule has 0 spiro atoms. The second-order valence-corrected chi connectivity index (χ2v) is 14.3. The molecule has 268 valence electrons. The van der Waals surface area contributed by atoms with Crippen LogP contribution in [0.4, 0.5) is 17.1 Å². The molecular weight excluding hydrogens is 697 g/mol. The third-order valence-corrected chi connectivity index (χ3v) is 10.9. The predicted octanol–water partition coefficient (Wildman–Crippen LogP) is 15.0. The first-order valence-corrected chi connectivity index (χ1v) is 19.2. The maximum atomic E-state index is 7.08. The van der Waals surface area contributed by atoms with Gasteiger partial charge in [-0.05, 0) is 87.3 Å². The van der Waals surface area contributed by atoms with E-state index >= 15 is 0 Å². The summed E-state index contributed by atoms with van der Waals surface area (Å²) in [7, 11) is 0. The van der Waals surface area contributed by atoms with Gasteiger partial charge in [-0.25, -0.2) is 4.98 Å². The fourth-order valence-corrected chi connectivity index (χ4v) is 8.10. The Morgan fingerprint density at radius 3 is 1.51 bits per heavy atom. The lowest BCUT2D eigenvalue weighted by atomic mass is 9.99. The second kappa shape index (κ2) is 13.6. The molecule has 0 aliphatic carbocycles. The lowest BCUT2D eigenvalue weighted by Gasteiger charge is -2.26. The predicted molar refractivity (Wildman–Crippen MR) is 235 cm³/mol. The van der Waals surface area contributed by atoms with Crippen molar-refractivity contribution in [3.8, 4) is 44.8 Å². The molecule has 0 radical (unpaired) electrons. The molecule has 4 heteroatoms. The Bertz CT molecular complexity index is 3170. The van der Waals surface area contributed by atoms with E-state index < -0.39 is 0 Å². The molecule has 0 fully saturated rings. The van der Waals surface area contributed by atoms with Crippen LogP contribution >= 0.6 is 0 Å². The molecule has 0 amide bonds. The summed E-state index contributed by atoms with van der Waals surface area (Å²) < 4.78 is 13.5. The van der Waals surface area contributed by atoms with Gasteiger partial charge in [0, 0.05) is 33.1 Å². The summed E-state index contributed by atoms with van der Waals surface area (Å²) in [5.41, 5.74) is 14.1. The average Bonchev–Trinajstić information content (AvgIpc) is 3.91. The Morgan fingerprint density at radius 1 is 0.386 bits per heavy atom. The molecular formula is C53H34N2O2. The quantitative estimate of drug-likeness (QED) is 0.164. The van der Waals surface area contributed by atoms with Crippen molar-refractivity contribution in [1.29, 1.82) is 0 Å². The SMILES string of the molecule is c1ccc(-c2ccc(-c3ccc(N(c4ccc(-c5ccccc5)cc4)c4cccc5c4oc4c6ccccc6cc(-c6nc7ccccc7o6)c54)cc3)cc2)cc1. The van der Waals surface area contributed by atoms with Crippen molar-refractivity contribution in [2.45, 2.75) is 0 Å². The first kappa shape index (κ1) is 32.7. The maximum Gasteiger partial charge on any atom is 0.228 e. The van der Waals surface area contributed by atoms with E-state index in [1.165, 1.54) is 16.7 Å². The number of fused-ring (bicyclic) bond motifs is 6. The highest BCUT2D eigenvalue weighted by atomic mass is 16.3. The zero-order chi connectivity index (χ0) is 37.7. The van der Waals surface area contributed by atoms with Gasteiger partial charge in [-0.15, -0.1) is 0 Å². The van der Waals surface area contributed by atoms with Gasteiger partial charge in [-0.1, -0.05) is 158 Å². The van der Waals surface area contributed by atoms with Crippen LogP contribution in [0.3, 0.4) is 0 Å². The minimum atomic E-state index is 0.570. The molecule has 57 heavy (non-hydrogen) atoms. The van der Waals surface area contributed by atoms with Crippen LogP contribution in [-0.4, -0.2) is 4.98 Å². The first-order valence-electron chi connectivity index (χ1n) is 19.2. The van der Waals surface area contributed by atoms with Crippen LogP contribution in [0.1, 0.15) is 0 Å². The molecule has 0 unspecified atom stereocenters. The van der Waals surface area contributed by atoms with Crippen molar-refractivity contribution in [2.75, 3.05) is 4.90 Å². The standard InChI is InChI=1S/C53H34N2O2/c1-3-12-35(13-4-1)37-22-24-38(25-23-37)40-28-32-43(33-29-40)55(42-30-26-39(27-31-42)36-14-5-2-6-15-36)48-20-11-18-45-50-46(53-54-47-19-9-10-21-49(47)56-53)34-41-16-7-8-17-44(41)52(50)57-51(45)48/h1-34H. The third kappa shape index (κ3) is 5.74. The molecule has 11 aromatic rings. The molecule has 9 aromatic carbocycles. The lowest BCUT2D eigenvalue weighted by molar-refractivity contribution is 0.620. The van der Waals surface area contributed by atoms with Crippen LogP contribution in [0, 0.1) is 0 Å². The van der Waals surface area contributed by atoms with Gasteiger partial charge in [0.05, 0.1) is 5.69 Å². The number of hydrogen-bond acceptors (Lipinski definition) is 4. The normalized spacial score (nSPS) is 11.5. The van der Waals surface area contributed by atoms with Gasteiger partial charge in [0.15, 0.2) is 11.2 Å². The Hall–Kier alpha value is -7.69. The Balaban J connectivity index is 1.08. The van der Waals surface area contributed by atoms with Crippen LogP contribution in [0.25, 0.3) is 88.6 Å². The van der Waals surface area contributed by atoms with E-state index in [0.29, 0.717) is 5.89 Å². The second-order valence-electron chi connectivity index (χ2n) is 14.3. The van der Waals surface area contributed by atoms with Crippen molar-refractivity contribution >= 4 is 60.9 Å². The van der Waals surface area contributed by atoms with Crippen LogP contribution in [-0.2, 0) is 0 Å². The van der Waals surface area contributed by atoms with Crippen molar-refractivity contribution in [3.63, 3.8) is 0 Å². The molecule has 2 aromatic heterocycles. The Morgan fingerprint density at radius 2 is 0.895 bits per heavy atom. The highest BCUT2D eigenvalue weighted by molar-refractivity contribution is 6.22. The fraction of sp³-hybridized carbons (Fsp3) is 0. The summed E-state index contributed by atoms with van der Waals surface area (Å²) in [6.45, 7) is 0. The first-order chi connectivity index (χ1) is 28.2. The largest absolute Gasteiger partial charge is 0.453 e. The van der Waals surface area contributed by atoms with E-state index in [4.69, 9.17) is 13.8 Å². The van der Waals surface area contributed by atoms with Crippen molar-refractivity contribution in [1.82, 2.24) is 4.98 Å². The fourth-order valence-electron chi connectivity index (χ4n) is 8.10. The van der Waals surface area contributed by atoms with E-state index in [0.717, 1.165) is 83.1 Å². The molecule has 0 saturated heterocycles. The summed E-state index contributed by atoms with van der Waals surface area (Å²) in [6.07, 6.45) is 0. The Labute approximate surface area is 329 Å². The summed E-state index contributed by atoms with van der Waals surface area (Å²) in [6, 6.07) is 72.2. The van der Waals surface area contributed by atoms with Crippen LogP contribution in [0.2, 0.25) is 0 Å². The molecule has 11 rings (SSSR count). The van der Waals surface area contributed by atoms with Gasteiger partial charge in [-0.2, -0.15) is 0 Å². The minimum Gasteiger partial charge on any atom is -0.453 e. The zero-order valence-corrected chi connectivity index (χ0v) is 30.8. The molecule has 2 heterocycles. The lowest BCUT2D eigenvalue weighted by Crippen LogP contribution is -2.10. The topological polar surface area (TPSA) is 42.4 Å².